The third kappa shape index (κ3) is 3.26. The summed E-state index contributed by atoms with van der Waals surface area (Å²) in [6, 6.07) is 18.1. The molecule has 0 unspecified atom stereocenters. The number of aromatic nitrogens is 1. The van der Waals surface area contributed by atoms with E-state index >= 15 is 0 Å². The maximum atomic E-state index is 12.9. The highest BCUT2D eigenvalue weighted by atomic mass is 16.1. The molecular formula is C21H24N2O. The first-order chi connectivity index (χ1) is 11.6. The zero-order valence-electron chi connectivity index (χ0n) is 14.4. The number of carbonyl (C=O) groups excluding carboxylic acids is 1. The molecule has 24 heavy (non-hydrogen) atoms. The first-order valence-corrected chi connectivity index (χ1v) is 8.49. The van der Waals surface area contributed by atoms with Gasteiger partial charge in [0.05, 0.1) is 6.04 Å². The molecule has 1 heterocycles. The number of Topliss-reactive ketones (excluding diaryl/α,β-unsaturated/α-hetero) is 1. The molecule has 2 aromatic carbocycles. The second kappa shape index (κ2) is 7.02. The summed E-state index contributed by atoms with van der Waals surface area (Å²) in [5.41, 5.74) is 2.96. The van der Waals surface area contributed by atoms with Gasteiger partial charge >= 0.3 is 0 Å². The van der Waals surface area contributed by atoms with E-state index < -0.39 is 0 Å². The minimum atomic E-state index is -0.253. The van der Waals surface area contributed by atoms with E-state index in [9.17, 15) is 4.79 Å². The number of rotatable bonds is 6. The molecule has 3 nitrogen and oxygen atoms in total. The van der Waals surface area contributed by atoms with Gasteiger partial charge in [-0.3, -0.25) is 4.79 Å². The highest BCUT2D eigenvalue weighted by Gasteiger charge is 2.24. The predicted molar refractivity (Wildman–Crippen MR) is 99.2 cm³/mol. The van der Waals surface area contributed by atoms with Crippen LogP contribution in [-0.4, -0.2) is 16.8 Å². The molecule has 0 fully saturated rings. The molecule has 2 N–H and O–H groups in total. The normalized spacial score (nSPS) is 14.0. The van der Waals surface area contributed by atoms with Crippen molar-refractivity contribution in [2.24, 2.45) is 5.92 Å². The Morgan fingerprint density at radius 1 is 0.958 bits per heavy atom. The molecule has 0 bridgehead atoms. The second-order valence-corrected chi connectivity index (χ2v) is 6.63. The molecule has 0 saturated heterocycles. The summed E-state index contributed by atoms with van der Waals surface area (Å²) in [4.78, 5) is 16.1. The van der Waals surface area contributed by atoms with Crippen molar-refractivity contribution in [1.82, 2.24) is 10.3 Å². The third-order valence-electron chi connectivity index (χ3n) is 4.50. The molecule has 0 aliphatic rings. The fourth-order valence-electron chi connectivity index (χ4n) is 3.19. The summed E-state index contributed by atoms with van der Waals surface area (Å²) in [6.45, 7) is 6.30. The molecule has 124 valence electrons. The minimum absolute atomic E-state index is 0.119. The average molecular weight is 320 g/mol. The van der Waals surface area contributed by atoms with Crippen LogP contribution in [0.4, 0.5) is 0 Å². The Morgan fingerprint density at radius 3 is 2.33 bits per heavy atom. The summed E-state index contributed by atoms with van der Waals surface area (Å²) >= 11 is 0. The SMILES string of the molecule is CC(C)[C@H](N[C@@H](C)C(=O)c1c[nH]c2ccccc12)c1ccccc1. The van der Waals surface area contributed by atoms with Crippen LogP contribution in [0.15, 0.2) is 60.8 Å². The number of para-hydroxylation sites is 1. The van der Waals surface area contributed by atoms with Crippen molar-refractivity contribution in [2.75, 3.05) is 0 Å². The molecule has 0 spiro atoms. The van der Waals surface area contributed by atoms with E-state index in [1.54, 1.807) is 0 Å². The first kappa shape index (κ1) is 16.5. The lowest BCUT2D eigenvalue weighted by Gasteiger charge is -2.26. The fraction of sp³-hybridized carbons (Fsp3) is 0.286. The van der Waals surface area contributed by atoms with Gasteiger partial charge in [0.2, 0.25) is 0 Å². The van der Waals surface area contributed by atoms with Gasteiger partial charge in [0.15, 0.2) is 5.78 Å². The van der Waals surface area contributed by atoms with E-state index in [4.69, 9.17) is 0 Å². The standard InChI is InChI=1S/C21H24N2O/c1-14(2)20(16-9-5-4-6-10-16)23-15(3)21(24)18-13-22-19-12-8-7-11-17(18)19/h4-15,20,22-23H,1-3H3/t15-,20-/m0/s1. The van der Waals surface area contributed by atoms with E-state index in [-0.39, 0.29) is 17.9 Å². The zero-order valence-corrected chi connectivity index (χ0v) is 14.4. The van der Waals surface area contributed by atoms with E-state index in [1.165, 1.54) is 5.56 Å². The zero-order chi connectivity index (χ0) is 17.1. The van der Waals surface area contributed by atoms with Crippen molar-refractivity contribution < 1.29 is 4.79 Å². The van der Waals surface area contributed by atoms with Crippen LogP contribution in [-0.2, 0) is 0 Å². The smallest absolute Gasteiger partial charge is 0.181 e. The molecule has 3 aromatic rings. The lowest BCUT2D eigenvalue weighted by Crippen LogP contribution is -2.38. The number of ketones is 1. The summed E-state index contributed by atoms with van der Waals surface area (Å²) in [6.07, 6.45) is 1.82. The Labute approximate surface area is 143 Å². The highest BCUT2D eigenvalue weighted by Crippen LogP contribution is 2.24. The Kier molecular flexibility index (Phi) is 4.81. The van der Waals surface area contributed by atoms with Crippen molar-refractivity contribution in [3.8, 4) is 0 Å². The van der Waals surface area contributed by atoms with Gasteiger partial charge in [-0.1, -0.05) is 62.4 Å². The second-order valence-electron chi connectivity index (χ2n) is 6.63. The van der Waals surface area contributed by atoms with Gasteiger partial charge in [-0.25, -0.2) is 0 Å². The number of hydrogen-bond donors (Lipinski definition) is 2. The van der Waals surface area contributed by atoms with Crippen LogP contribution in [0, 0.1) is 5.92 Å². The summed E-state index contributed by atoms with van der Waals surface area (Å²) < 4.78 is 0. The molecular weight excluding hydrogens is 296 g/mol. The maximum Gasteiger partial charge on any atom is 0.181 e. The summed E-state index contributed by atoms with van der Waals surface area (Å²) in [5, 5.41) is 4.51. The van der Waals surface area contributed by atoms with E-state index in [0.29, 0.717) is 5.92 Å². The van der Waals surface area contributed by atoms with Crippen LogP contribution >= 0.6 is 0 Å². The predicted octanol–water partition coefficient (Wildman–Crippen LogP) is 4.73. The van der Waals surface area contributed by atoms with E-state index in [1.807, 2.05) is 55.6 Å². The van der Waals surface area contributed by atoms with Gasteiger partial charge in [0.25, 0.3) is 0 Å². The molecule has 3 rings (SSSR count). The maximum absolute atomic E-state index is 12.9. The molecule has 0 aliphatic heterocycles. The number of aromatic amines is 1. The molecule has 2 atom stereocenters. The van der Waals surface area contributed by atoms with Crippen molar-refractivity contribution >= 4 is 16.7 Å². The third-order valence-corrected chi connectivity index (χ3v) is 4.50. The van der Waals surface area contributed by atoms with Crippen molar-refractivity contribution in [2.45, 2.75) is 32.9 Å². The Hall–Kier alpha value is -2.39. The van der Waals surface area contributed by atoms with Crippen molar-refractivity contribution in [3.63, 3.8) is 0 Å². The van der Waals surface area contributed by atoms with Gasteiger partial charge < -0.3 is 10.3 Å². The van der Waals surface area contributed by atoms with E-state index in [0.717, 1.165) is 16.5 Å². The van der Waals surface area contributed by atoms with Crippen molar-refractivity contribution in [3.05, 3.63) is 71.9 Å². The number of fused-ring (bicyclic) bond motifs is 1. The number of benzene rings is 2. The van der Waals surface area contributed by atoms with Crippen LogP contribution < -0.4 is 5.32 Å². The van der Waals surface area contributed by atoms with Crippen LogP contribution in [0.25, 0.3) is 10.9 Å². The summed E-state index contributed by atoms with van der Waals surface area (Å²) in [5.74, 6) is 0.514. The van der Waals surface area contributed by atoms with Crippen LogP contribution in [0.2, 0.25) is 0 Å². The van der Waals surface area contributed by atoms with Crippen LogP contribution in [0.3, 0.4) is 0 Å². The van der Waals surface area contributed by atoms with Gasteiger partial charge in [-0.05, 0) is 24.5 Å². The number of carbonyl (C=O) groups is 1. The van der Waals surface area contributed by atoms with Gasteiger partial charge in [0.1, 0.15) is 0 Å². The number of H-pyrrole nitrogens is 1. The molecule has 0 radical (unpaired) electrons. The lowest BCUT2D eigenvalue weighted by molar-refractivity contribution is 0.0941. The highest BCUT2D eigenvalue weighted by molar-refractivity contribution is 6.10. The van der Waals surface area contributed by atoms with Gasteiger partial charge in [-0.15, -0.1) is 0 Å². The average Bonchev–Trinajstić information content (AvgIpc) is 3.03. The Balaban J connectivity index is 1.82. The summed E-state index contributed by atoms with van der Waals surface area (Å²) in [7, 11) is 0. The fourth-order valence-corrected chi connectivity index (χ4v) is 3.19. The monoisotopic (exact) mass is 320 g/mol. The molecule has 0 amide bonds. The van der Waals surface area contributed by atoms with Gasteiger partial charge in [0, 0.05) is 28.7 Å². The lowest BCUT2D eigenvalue weighted by atomic mass is 9.94. The number of hydrogen-bond acceptors (Lipinski definition) is 2. The Bertz CT molecular complexity index is 820. The molecule has 1 aromatic heterocycles. The minimum Gasteiger partial charge on any atom is -0.360 e. The van der Waals surface area contributed by atoms with Crippen LogP contribution in [0.5, 0.6) is 0 Å². The first-order valence-electron chi connectivity index (χ1n) is 8.49. The van der Waals surface area contributed by atoms with E-state index in [2.05, 4.69) is 36.3 Å². The number of nitrogens with one attached hydrogen (secondary N) is 2. The molecule has 0 aliphatic carbocycles. The van der Waals surface area contributed by atoms with Gasteiger partial charge in [-0.2, -0.15) is 0 Å². The van der Waals surface area contributed by atoms with Crippen LogP contribution in [0.1, 0.15) is 42.7 Å². The largest absolute Gasteiger partial charge is 0.360 e. The van der Waals surface area contributed by atoms with Crippen molar-refractivity contribution in [1.29, 1.82) is 0 Å². The quantitative estimate of drug-likeness (QED) is 0.645. The molecule has 3 heteroatoms. The topological polar surface area (TPSA) is 44.9 Å². The molecule has 0 saturated carbocycles. The Morgan fingerprint density at radius 2 is 1.62 bits per heavy atom.